The van der Waals surface area contributed by atoms with Gasteiger partial charge in [-0.2, -0.15) is 0 Å². The van der Waals surface area contributed by atoms with Gasteiger partial charge in [-0.15, -0.1) is 0 Å². The van der Waals surface area contributed by atoms with Crippen LogP contribution in [0.4, 0.5) is 11.4 Å². The number of benzene rings is 2. The number of nitrogens with one attached hydrogen (secondary N) is 1. The van der Waals surface area contributed by atoms with E-state index >= 15 is 0 Å². The maximum Gasteiger partial charge on any atom is 0.293 e. The quantitative estimate of drug-likeness (QED) is 0.675. The summed E-state index contributed by atoms with van der Waals surface area (Å²) in [6.45, 7) is 1.88. The number of hydrogen-bond acceptors (Lipinski definition) is 5. The summed E-state index contributed by atoms with van der Waals surface area (Å²) in [6.07, 6.45) is 1.02. The summed E-state index contributed by atoms with van der Waals surface area (Å²) in [5, 5.41) is 14.2. The van der Waals surface area contributed by atoms with E-state index in [1.807, 2.05) is 37.3 Å². The number of anilines is 1. The van der Waals surface area contributed by atoms with Crippen molar-refractivity contribution in [3.05, 3.63) is 64.2 Å². The normalized spacial score (nSPS) is 12.6. The molecule has 0 aliphatic rings. The molecule has 0 aromatic heterocycles. The molecule has 2 rings (SSSR count). The molecule has 0 fully saturated rings. The molecule has 0 saturated heterocycles. The Morgan fingerprint density at radius 1 is 1.14 bits per heavy atom. The molecule has 0 saturated carbocycles. The Morgan fingerprint density at radius 3 is 2.32 bits per heavy atom. The molecular weight excluding hydrogens is 304 g/mol. The summed E-state index contributed by atoms with van der Waals surface area (Å²) in [4.78, 5) is 10.5. The lowest BCUT2D eigenvalue weighted by atomic mass is 10.1. The largest absolute Gasteiger partial charge is 0.373 e. The van der Waals surface area contributed by atoms with Crippen molar-refractivity contribution in [3.8, 4) is 0 Å². The van der Waals surface area contributed by atoms with Crippen LogP contribution in [0.1, 0.15) is 18.5 Å². The van der Waals surface area contributed by atoms with Crippen molar-refractivity contribution in [1.82, 2.24) is 0 Å². The molecule has 116 valence electrons. The van der Waals surface area contributed by atoms with E-state index in [9.17, 15) is 18.5 Å². The van der Waals surface area contributed by atoms with Crippen LogP contribution in [0.5, 0.6) is 0 Å². The molecule has 0 aliphatic carbocycles. The van der Waals surface area contributed by atoms with Crippen LogP contribution >= 0.6 is 0 Å². The number of hydrogen-bond donors (Lipinski definition) is 1. The molecule has 0 aliphatic heterocycles. The van der Waals surface area contributed by atoms with E-state index in [0.717, 1.165) is 17.9 Å². The van der Waals surface area contributed by atoms with Crippen molar-refractivity contribution in [3.63, 3.8) is 0 Å². The molecule has 0 amide bonds. The van der Waals surface area contributed by atoms with Crippen LogP contribution in [-0.2, 0) is 9.84 Å². The molecular formula is C15H16N2O4S. The van der Waals surface area contributed by atoms with E-state index in [4.69, 9.17) is 0 Å². The lowest BCUT2D eigenvalue weighted by molar-refractivity contribution is -0.384. The Balaban J connectivity index is 2.37. The van der Waals surface area contributed by atoms with E-state index in [2.05, 4.69) is 5.32 Å². The highest BCUT2D eigenvalue weighted by molar-refractivity contribution is 7.90. The number of rotatable bonds is 5. The molecule has 0 spiro atoms. The van der Waals surface area contributed by atoms with Gasteiger partial charge in [-0.1, -0.05) is 30.3 Å². The first-order valence-electron chi connectivity index (χ1n) is 6.59. The average molecular weight is 320 g/mol. The van der Waals surface area contributed by atoms with Gasteiger partial charge in [-0.05, 0) is 24.6 Å². The second-order valence-electron chi connectivity index (χ2n) is 4.98. The molecule has 22 heavy (non-hydrogen) atoms. The molecule has 1 unspecified atom stereocenters. The van der Waals surface area contributed by atoms with Crippen LogP contribution in [0.15, 0.2) is 53.4 Å². The van der Waals surface area contributed by atoms with Crippen molar-refractivity contribution in [1.29, 1.82) is 0 Å². The van der Waals surface area contributed by atoms with Gasteiger partial charge in [-0.3, -0.25) is 10.1 Å². The summed E-state index contributed by atoms with van der Waals surface area (Å²) in [6, 6.07) is 13.2. The molecule has 1 N–H and O–H groups in total. The van der Waals surface area contributed by atoms with Gasteiger partial charge in [0.2, 0.25) is 0 Å². The third kappa shape index (κ3) is 3.62. The van der Waals surface area contributed by atoms with Crippen molar-refractivity contribution < 1.29 is 13.3 Å². The highest BCUT2D eigenvalue weighted by atomic mass is 32.2. The number of sulfone groups is 1. The minimum atomic E-state index is -3.49. The summed E-state index contributed by atoms with van der Waals surface area (Å²) < 4.78 is 23.0. The molecule has 1 atom stereocenters. The third-order valence-electron chi connectivity index (χ3n) is 3.27. The Hall–Kier alpha value is -2.41. The van der Waals surface area contributed by atoms with E-state index in [1.165, 1.54) is 12.1 Å². The maximum absolute atomic E-state index is 11.5. The number of nitrogens with zero attached hydrogens (tertiary/aromatic N) is 1. The topological polar surface area (TPSA) is 89.3 Å². The van der Waals surface area contributed by atoms with Gasteiger partial charge in [-0.25, -0.2) is 8.42 Å². The molecule has 2 aromatic carbocycles. The SMILES string of the molecule is CC(Nc1ccc(S(C)(=O)=O)cc1[N+](=O)[O-])c1ccccc1. The predicted octanol–water partition coefficient (Wildman–Crippen LogP) is 3.17. The Bertz CT molecular complexity index is 788. The Kier molecular flexibility index (Phi) is 4.46. The van der Waals surface area contributed by atoms with Crippen LogP contribution < -0.4 is 5.32 Å². The van der Waals surface area contributed by atoms with Crippen LogP contribution in [0.25, 0.3) is 0 Å². The molecule has 0 radical (unpaired) electrons. The fourth-order valence-electron chi connectivity index (χ4n) is 2.07. The molecule has 7 heteroatoms. The summed E-state index contributed by atoms with van der Waals surface area (Å²) >= 11 is 0. The monoisotopic (exact) mass is 320 g/mol. The smallest absolute Gasteiger partial charge is 0.293 e. The van der Waals surface area contributed by atoms with Gasteiger partial charge in [0.15, 0.2) is 9.84 Å². The van der Waals surface area contributed by atoms with Crippen molar-refractivity contribution in [2.75, 3.05) is 11.6 Å². The Labute approximate surface area is 128 Å². The van der Waals surface area contributed by atoms with Crippen LogP contribution in [0.2, 0.25) is 0 Å². The average Bonchev–Trinajstić information content (AvgIpc) is 2.47. The number of nitro groups is 1. The van der Waals surface area contributed by atoms with Gasteiger partial charge in [0, 0.05) is 18.4 Å². The summed E-state index contributed by atoms with van der Waals surface area (Å²) in [7, 11) is -3.49. The highest BCUT2D eigenvalue weighted by Crippen LogP contribution is 2.30. The highest BCUT2D eigenvalue weighted by Gasteiger charge is 2.20. The van der Waals surface area contributed by atoms with Crippen LogP contribution in [-0.4, -0.2) is 19.6 Å². The van der Waals surface area contributed by atoms with Gasteiger partial charge in [0.1, 0.15) is 5.69 Å². The molecule has 0 bridgehead atoms. The number of nitro benzene ring substituents is 1. The maximum atomic E-state index is 11.5. The van der Waals surface area contributed by atoms with E-state index in [1.54, 1.807) is 0 Å². The van der Waals surface area contributed by atoms with Crippen molar-refractivity contribution in [2.24, 2.45) is 0 Å². The lowest BCUT2D eigenvalue weighted by Gasteiger charge is -2.16. The van der Waals surface area contributed by atoms with E-state index < -0.39 is 14.8 Å². The molecule has 0 heterocycles. The fourth-order valence-corrected chi connectivity index (χ4v) is 2.71. The minimum absolute atomic E-state index is 0.0721. The summed E-state index contributed by atoms with van der Waals surface area (Å²) in [5.74, 6) is 0. The standard InChI is InChI=1S/C15H16N2O4S/c1-11(12-6-4-3-5-7-12)16-14-9-8-13(22(2,20)21)10-15(14)17(18)19/h3-11,16H,1-2H3. The second kappa shape index (κ2) is 6.15. The van der Waals surface area contributed by atoms with Gasteiger partial charge in [0.05, 0.1) is 9.82 Å². The lowest BCUT2D eigenvalue weighted by Crippen LogP contribution is -2.09. The first-order chi connectivity index (χ1) is 10.3. The van der Waals surface area contributed by atoms with Crippen molar-refractivity contribution in [2.45, 2.75) is 17.9 Å². The second-order valence-corrected chi connectivity index (χ2v) is 7.00. The Morgan fingerprint density at radius 2 is 1.77 bits per heavy atom. The van der Waals surface area contributed by atoms with E-state index in [0.29, 0.717) is 0 Å². The molecule has 6 nitrogen and oxygen atoms in total. The minimum Gasteiger partial charge on any atom is -0.373 e. The first-order valence-corrected chi connectivity index (χ1v) is 8.48. The third-order valence-corrected chi connectivity index (χ3v) is 4.38. The zero-order valence-corrected chi connectivity index (χ0v) is 13.0. The van der Waals surface area contributed by atoms with Crippen LogP contribution in [0, 0.1) is 10.1 Å². The first kappa shape index (κ1) is 16.0. The van der Waals surface area contributed by atoms with Crippen LogP contribution in [0.3, 0.4) is 0 Å². The van der Waals surface area contributed by atoms with Gasteiger partial charge in [0.25, 0.3) is 5.69 Å². The fraction of sp³-hybridized carbons (Fsp3) is 0.200. The van der Waals surface area contributed by atoms with Gasteiger partial charge >= 0.3 is 0 Å². The zero-order valence-electron chi connectivity index (χ0n) is 12.2. The predicted molar refractivity (Wildman–Crippen MR) is 84.7 cm³/mol. The van der Waals surface area contributed by atoms with Gasteiger partial charge < -0.3 is 5.32 Å². The van der Waals surface area contributed by atoms with E-state index in [-0.39, 0.29) is 22.3 Å². The summed E-state index contributed by atoms with van der Waals surface area (Å²) in [5.41, 5.74) is 1.00. The van der Waals surface area contributed by atoms with Crippen molar-refractivity contribution >= 4 is 21.2 Å². The zero-order chi connectivity index (χ0) is 16.3. The molecule has 2 aromatic rings.